The molecule has 1 aromatic heterocycles. The van der Waals surface area contributed by atoms with Crippen LogP contribution in [-0.2, 0) is 4.79 Å². The number of amides is 1. The average molecular weight is 336 g/mol. The van der Waals surface area contributed by atoms with Gasteiger partial charge in [0.05, 0.1) is 17.1 Å². The molecule has 1 atom stereocenters. The number of thioether (sulfide) groups is 1. The lowest BCUT2D eigenvalue weighted by Gasteiger charge is -2.24. The summed E-state index contributed by atoms with van der Waals surface area (Å²) in [4.78, 5) is 13.6. The molecule has 1 aliphatic heterocycles. The van der Waals surface area contributed by atoms with Gasteiger partial charge in [-0.3, -0.25) is 4.79 Å². The van der Waals surface area contributed by atoms with Gasteiger partial charge in [-0.2, -0.15) is 5.10 Å². The molecule has 3 aromatic rings. The Balaban J connectivity index is 1.78. The van der Waals surface area contributed by atoms with Crippen LogP contribution in [0.2, 0.25) is 0 Å². The van der Waals surface area contributed by atoms with Gasteiger partial charge in [0.1, 0.15) is 11.1 Å². The first-order chi connectivity index (χ1) is 11.6. The number of aryl methyl sites for hydroxylation is 1. The second-order valence-electron chi connectivity index (χ2n) is 5.61. The number of carbonyl (C=O) groups is 1. The Labute approximate surface area is 143 Å². The smallest absolute Gasteiger partial charge is 0.242 e. The SMILES string of the molecule is Cc1nn(-c2ccccc2)c(N)c1[C@@H]1Sc2ccccc2NC1=O. The molecule has 2 aromatic carbocycles. The molecule has 0 fully saturated rings. The maximum absolute atomic E-state index is 12.6. The Morgan fingerprint density at radius 2 is 1.83 bits per heavy atom. The third-order valence-corrected chi connectivity index (χ3v) is 5.33. The van der Waals surface area contributed by atoms with E-state index in [0.29, 0.717) is 5.82 Å². The van der Waals surface area contributed by atoms with Crippen LogP contribution in [0.3, 0.4) is 0 Å². The zero-order valence-corrected chi connectivity index (χ0v) is 13.9. The summed E-state index contributed by atoms with van der Waals surface area (Å²) in [6.45, 7) is 1.89. The molecule has 5 nitrogen and oxygen atoms in total. The van der Waals surface area contributed by atoms with Gasteiger partial charge in [-0.15, -0.1) is 11.8 Å². The zero-order chi connectivity index (χ0) is 16.7. The molecule has 6 heteroatoms. The first-order valence-corrected chi connectivity index (χ1v) is 8.50. The van der Waals surface area contributed by atoms with Crippen molar-refractivity contribution in [3.63, 3.8) is 0 Å². The van der Waals surface area contributed by atoms with Crippen molar-refractivity contribution < 1.29 is 4.79 Å². The van der Waals surface area contributed by atoms with Gasteiger partial charge < -0.3 is 11.1 Å². The van der Waals surface area contributed by atoms with Crippen molar-refractivity contribution in [2.24, 2.45) is 0 Å². The summed E-state index contributed by atoms with van der Waals surface area (Å²) in [5.74, 6) is 0.437. The van der Waals surface area contributed by atoms with Gasteiger partial charge in [0, 0.05) is 10.5 Å². The van der Waals surface area contributed by atoms with E-state index in [2.05, 4.69) is 10.4 Å². The molecule has 0 radical (unpaired) electrons. The lowest BCUT2D eigenvalue weighted by molar-refractivity contribution is -0.115. The number of fused-ring (bicyclic) bond motifs is 1. The summed E-state index contributed by atoms with van der Waals surface area (Å²) in [6, 6.07) is 17.5. The first kappa shape index (κ1) is 14.8. The highest BCUT2D eigenvalue weighted by Gasteiger charge is 2.33. The fourth-order valence-corrected chi connectivity index (χ4v) is 4.12. The number of anilines is 2. The van der Waals surface area contributed by atoms with Crippen molar-refractivity contribution in [1.82, 2.24) is 9.78 Å². The van der Waals surface area contributed by atoms with Crippen LogP contribution >= 0.6 is 11.8 Å². The van der Waals surface area contributed by atoms with Gasteiger partial charge in [0.2, 0.25) is 5.91 Å². The van der Waals surface area contributed by atoms with Crippen LogP contribution in [0.5, 0.6) is 0 Å². The molecule has 3 N–H and O–H groups in total. The third-order valence-electron chi connectivity index (χ3n) is 4.03. The molecule has 1 aliphatic rings. The lowest BCUT2D eigenvalue weighted by Crippen LogP contribution is -2.24. The van der Waals surface area contributed by atoms with Crippen LogP contribution in [0.15, 0.2) is 59.5 Å². The fraction of sp³-hybridized carbons (Fsp3) is 0.111. The van der Waals surface area contributed by atoms with Crippen LogP contribution in [0.25, 0.3) is 5.69 Å². The van der Waals surface area contributed by atoms with Crippen molar-refractivity contribution in [2.75, 3.05) is 11.1 Å². The Hall–Kier alpha value is -2.73. The number of aromatic nitrogens is 2. The van der Waals surface area contributed by atoms with Crippen molar-refractivity contribution in [2.45, 2.75) is 17.1 Å². The van der Waals surface area contributed by atoms with Gasteiger partial charge >= 0.3 is 0 Å². The summed E-state index contributed by atoms with van der Waals surface area (Å²) in [6.07, 6.45) is 0. The van der Waals surface area contributed by atoms with Gasteiger partial charge in [0.25, 0.3) is 0 Å². The van der Waals surface area contributed by atoms with Crippen LogP contribution in [0.4, 0.5) is 11.5 Å². The summed E-state index contributed by atoms with van der Waals surface area (Å²) >= 11 is 1.51. The molecule has 0 spiro atoms. The van der Waals surface area contributed by atoms with E-state index in [1.54, 1.807) is 4.68 Å². The number of nitrogens with zero attached hydrogens (tertiary/aromatic N) is 2. The van der Waals surface area contributed by atoms with Crippen molar-refractivity contribution in [3.05, 3.63) is 65.9 Å². The molecule has 2 heterocycles. The fourth-order valence-electron chi connectivity index (χ4n) is 2.89. The van der Waals surface area contributed by atoms with Crippen LogP contribution < -0.4 is 11.1 Å². The Kier molecular flexibility index (Phi) is 3.54. The number of carbonyl (C=O) groups excluding carboxylic acids is 1. The molecule has 0 saturated heterocycles. The minimum atomic E-state index is -0.405. The molecular weight excluding hydrogens is 320 g/mol. The first-order valence-electron chi connectivity index (χ1n) is 7.62. The highest BCUT2D eigenvalue weighted by atomic mass is 32.2. The maximum Gasteiger partial charge on any atom is 0.242 e. The van der Waals surface area contributed by atoms with Gasteiger partial charge in [-0.25, -0.2) is 4.68 Å². The number of hydrogen-bond donors (Lipinski definition) is 2. The largest absolute Gasteiger partial charge is 0.383 e. The number of nitrogen functional groups attached to an aromatic ring is 1. The zero-order valence-electron chi connectivity index (χ0n) is 13.1. The van der Waals surface area contributed by atoms with E-state index in [1.807, 2.05) is 61.5 Å². The number of rotatable bonds is 2. The van der Waals surface area contributed by atoms with Crippen LogP contribution in [0.1, 0.15) is 16.5 Å². The third kappa shape index (κ3) is 2.35. The quantitative estimate of drug-likeness (QED) is 0.750. The monoisotopic (exact) mass is 336 g/mol. The topological polar surface area (TPSA) is 72.9 Å². The van der Waals surface area contributed by atoms with Crippen molar-refractivity contribution in [3.8, 4) is 5.69 Å². The highest BCUT2D eigenvalue weighted by Crippen LogP contribution is 2.46. The van der Waals surface area contributed by atoms with E-state index in [1.165, 1.54) is 11.8 Å². The normalized spacial score (nSPS) is 16.5. The average Bonchev–Trinajstić information content (AvgIpc) is 2.90. The van der Waals surface area contributed by atoms with Gasteiger partial charge in [0.15, 0.2) is 0 Å². The number of nitrogens with two attached hydrogens (primary N) is 1. The lowest BCUT2D eigenvalue weighted by atomic mass is 10.1. The predicted octanol–water partition coefficient (Wildman–Crippen LogP) is 3.55. The van der Waals surface area contributed by atoms with Gasteiger partial charge in [-0.05, 0) is 31.2 Å². The van der Waals surface area contributed by atoms with Crippen LogP contribution in [0, 0.1) is 6.92 Å². The van der Waals surface area contributed by atoms with Gasteiger partial charge in [-0.1, -0.05) is 30.3 Å². The molecule has 120 valence electrons. The van der Waals surface area contributed by atoms with Crippen LogP contribution in [-0.4, -0.2) is 15.7 Å². The van der Waals surface area contributed by atoms with E-state index in [4.69, 9.17) is 5.73 Å². The Bertz CT molecular complexity index is 920. The van der Waals surface area contributed by atoms with E-state index >= 15 is 0 Å². The number of nitrogens with one attached hydrogen (secondary N) is 1. The van der Waals surface area contributed by atoms with E-state index in [-0.39, 0.29) is 5.91 Å². The summed E-state index contributed by atoms with van der Waals surface area (Å²) in [5, 5.41) is 7.10. The summed E-state index contributed by atoms with van der Waals surface area (Å²) < 4.78 is 1.69. The van der Waals surface area contributed by atoms with E-state index in [9.17, 15) is 4.79 Å². The minimum Gasteiger partial charge on any atom is -0.383 e. The standard InChI is InChI=1S/C18H16N4OS/c1-11-15(17(19)22(21-11)12-7-3-2-4-8-12)16-18(23)20-13-9-5-6-10-14(13)24-16/h2-10,16H,19H2,1H3,(H,20,23)/t16-/m0/s1. The Morgan fingerprint density at radius 3 is 2.62 bits per heavy atom. The molecule has 1 amide bonds. The molecule has 0 saturated carbocycles. The molecule has 0 unspecified atom stereocenters. The second-order valence-corrected chi connectivity index (χ2v) is 6.76. The predicted molar refractivity (Wildman–Crippen MR) is 96.4 cm³/mol. The molecule has 4 rings (SSSR count). The number of hydrogen-bond acceptors (Lipinski definition) is 4. The molecule has 0 bridgehead atoms. The second kappa shape index (κ2) is 5.72. The maximum atomic E-state index is 12.6. The Morgan fingerprint density at radius 1 is 1.12 bits per heavy atom. The number of benzene rings is 2. The summed E-state index contributed by atoms with van der Waals surface area (Å²) in [5.41, 5.74) is 9.62. The summed E-state index contributed by atoms with van der Waals surface area (Å²) in [7, 11) is 0. The van der Waals surface area contributed by atoms with Crippen molar-refractivity contribution >= 4 is 29.2 Å². The number of para-hydroxylation sites is 2. The minimum absolute atomic E-state index is 0.0684. The molecular formula is C18H16N4OS. The highest BCUT2D eigenvalue weighted by molar-refractivity contribution is 8.00. The van der Waals surface area contributed by atoms with E-state index in [0.717, 1.165) is 27.5 Å². The van der Waals surface area contributed by atoms with E-state index < -0.39 is 5.25 Å². The molecule has 0 aliphatic carbocycles. The molecule has 24 heavy (non-hydrogen) atoms. The van der Waals surface area contributed by atoms with Crippen molar-refractivity contribution in [1.29, 1.82) is 0 Å².